The molecule has 1 atom stereocenters. The molecular weight excluding hydrogens is 230 g/mol. The van der Waals surface area contributed by atoms with Gasteiger partial charge in [0.25, 0.3) is 0 Å². The van der Waals surface area contributed by atoms with E-state index in [1.807, 2.05) is 6.07 Å². The average molecular weight is 247 g/mol. The Morgan fingerprint density at radius 3 is 2.59 bits per heavy atom. The molecule has 0 aliphatic rings. The van der Waals surface area contributed by atoms with E-state index in [2.05, 4.69) is 42.6 Å². The van der Waals surface area contributed by atoms with E-state index in [1.165, 1.54) is 10.4 Å². The van der Waals surface area contributed by atoms with Crippen LogP contribution >= 0.6 is 11.3 Å². The fourth-order valence-corrected chi connectivity index (χ4v) is 2.28. The minimum atomic E-state index is -0.0160. The van der Waals surface area contributed by atoms with Crippen molar-refractivity contribution in [3.8, 4) is 0 Å². The van der Waals surface area contributed by atoms with E-state index in [-0.39, 0.29) is 6.10 Å². The number of nitrogens with two attached hydrogens (primary N) is 1. The Hall–Kier alpha value is -1.16. The quantitative estimate of drug-likeness (QED) is 0.880. The molecule has 0 fully saturated rings. The number of hydrogen-bond acceptors (Lipinski definition) is 3. The van der Waals surface area contributed by atoms with E-state index in [4.69, 9.17) is 10.5 Å². The maximum Gasteiger partial charge on any atom is 0.0952 e. The van der Waals surface area contributed by atoms with E-state index < -0.39 is 0 Å². The van der Waals surface area contributed by atoms with Gasteiger partial charge >= 0.3 is 0 Å². The molecule has 1 aromatic heterocycles. The first-order chi connectivity index (χ1) is 8.29. The molecule has 0 bridgehead atoms. The van der Waals surface area contributed by atoms with Crippen LogP contribution in [0.15, 0.2) is 41.8 Å². The van der Waals surface area contributed by atoms with Crippen LogP contribution < -0.4 is 5.73 Å². The van der Waals surface area contributed by atoms with Gasteiger partial charge in [-0.2, -0.15) is 0 Å². The van der Waals surface area contributed by atoms with Crippen molar-refractivity contribution in [3.05, 3.63) is 57.8 Å². The van der Waals surface area contributed by atoms with Crippen molar-refractivity contribution in [2.75, 3.05) is 6.54 Å². The summed E-state index contributed by atoms with van der Waals surface area (Å²) in [5.41, 5.74) is 8.16. The summed E-state index contributed by atoms with van der Waals surface area (Å²) in [6, 6.07) is 12.5. The van der Waals surface area contributed by atoms with Crippen molar-refractivity contribution in [2.45, 2.75) is 19.6 Å². The molecule has 2 nitrogen and oxygen atoms in total. The lowest BCUT2D eigenvalue weighted by molar-refractivity contribution is 0.0473. The number of thiophene rings is 1. The summed E-state index contributed by atoms with van der Waals surface area (Å²) >= 11 is 1.71. The van der Waals surface area contributed by atoms with Crippen molar-refractivity contribution in [1.29, 1.82) is 0 Å². The Balaban J connectivity index is 1.99. The summed E-state index contributed by atoms with van der Waals surface area (Å²) in [5.74, 6) is 0. The highest BCUT2D eigenvalue weighted by molar-refractivity contribution is 7.09. The summed E-state index contributed by atoms with van der Waals surface area (Å²) in [7, 11) is 0. The summed E-state index contributed by atoms with van der Waals surface area (Å²) < 4.78 is 5.85. The molecule has 2 rings (SSSR count). The standard InChI is InChI=1S/C14H17NOS/c1-11-4-6-12(7-5-11)14(9-15)16-10-13-3-2-8-17-13/h2-8,14H,9-10,15H2,1H3. The Kier molecular flexibility index (Phi) is 4.31. The molecule has 0 spiro atoms. The molecule has 2 aromatic rings. The van der Waals surface area contributed by atoms with Crippen LogP contribution in [0.2, 0.25) is 0 Å². The van der Waals surface area contributed by atoms with Gasteiger partial charge in [0.15, 0.2) is 0 Å². The second-order valence-electron chi connectivity index (χ2n) is 4.03. The zero-order valence-electron chi connectivity index (χ0n) is 9.93. The Bertz CT molecular complexity index is 436. The van der Waals surface area contributed by atoms with Crippen LogP contribution in [0.5, 0.6) is 0 Å². The topological polar surface area (TPSA) is 35.2 Å². The maximum absolute atomic E-state index is 5.85. The molecule has 2 N–H and O–H groups in total. The van der Waals surface area contributed by atoms with Crippen LogP contribution in [-0.2, 0) is 11.3 Å². The number of ether oxygens (including phenoxy) is 1. The van der Waals surface area contributed by atoms with Crippen molar-refractivity contribution in [3.63, 3.8) is 0 Å². The van der Waals surface area contributed by atoms with Crippen LogP contribution in [0, 0.1) is 6.92 Å². The van der Waals surface area contributed by atoms with E-state index >= 15 is 0 Å². The SMILES string of the molecule is Cc1ccc(C(CN)OCc2cccs2)cc1. The lowest BCUT2D eigenvalue weighted by Gasteiger charge is -2.16. The van der Waals surface area contributed by atoms with E-state index in [1.54, 1.807) is 11.3 Å². The highest BCUT2D eigenvalue weighted by atomic mass is 32.1. The van der Waals surface area contributed by atoms with Gasteiger partial charge in [-0.25, -0.2) is 0 Å². The van der Waals surface area contributed by atoms with E-state index in [0.717, 1.165) is 5.56 Å². The van der Waals surface area contributed by atoms with Crippen molar-refractivity contribution < 1.29 is 4.74 Å². The second kappa shape index (κ2) is 5.96. The molecule has 17 heavy (non-hydrogen) atoms. The molecule has 1 unspecified atom stereocenters. The maximum atomic E-state index is 5.85. The monoisotopic (exact) mass is 247 g/mol. The number of hydrogen-bond donors (Lipinski definition) is 1. The van der Waals surface area contributed by atoms with Gasteiger partial charge in [-0.15, -0.1) is 11.3 Å². The largest absolute Gasteiger partial charge is 0.367 e. The number of aryl methyl sites for hydroxylation is 1. The molecule has 0 amide bonds. The van der Waals surface area contributed by atoms with Gasteiger partial charge in [0.1, 0.15) is 0 Å². The van der Waals surface area contributed by atoms with Crippen molar-refractivity contribution >= 4 is 11.3 Å². The zero-order valence-corrected chi connectivity index (χ0v) is 10.7. The Labute approximate surface area is 106 Å². The van der Waals surface area contributed by atoms with E-state index in [0.29, 0.717) is 13.2 Å². The van der Waals surface area contributed by atoms with Crippen LogP contribution in [0.4, 0.5) is 0 Å². The first-order valence-electron chi connectivity index (χ1n) is 5.70. The molecule has 0 aliphatic carbocycles. The molecule has 0 aliphatic heterocycles. The smallest absolute Gasteiger partial charge is 0.0952 e. The molecule has 3 heteroatoms. The summed E-state index contributed by atoms with van der Waals surface area (Å²) in [6.45, 7) is 3.22. The first-order valence-corrected chi connectivity index (χ1v) is 6.58. The summed E-state index contributed by atoms with van der Waals surface area (Å²) in [5, 5.41) is 2.06. The third-order valence-electron chi connectivity index (χ3n) is 2.67. The minimum Gasteiger partial charge on any atom is -0.367 e. The van der Waals surface area contributed by atoms with Crippen LogP contribution in [-0.4, -0.2) is 6.54 Å². The predicted octanol–water partition coefficient (Wildman–Crippen LogP) is 3.27. The average Bonchev–Trinajstić information content (AvgIpc) is 2.85. The van der Waals surface area contributed by atoms with Crippen molar-refractivity contribution in [2.24, 2.45) is 5.73 Å². The lowest BCUT2D eigenvalue weighted by atomic mass is 10.1. The minimum absolute atomic E-state index is 0.0160. The van der Waals surface area contributed by atoms with Crippen molar-refractivity contribution in [1.82, 2.24) is 0 Å². The van der Waals surface area contributed by atoms with Crippen LogP contribution in [0.3, 0.4) is 0 Å². The van der Waals surface area contributed by atoms with Gasteiger partial charge in [-0.1, -0.05) is 35.9 Å². The van der Waals surface area contributed by atoms with Gasteiger partial charge in [-0.05, 0) is 23.9 Å². The van der Waals surface area contributed by atoms with Gasteiger partial charge in [0, 0.05) is 11.4 Å². The van der Waals surface area contributed by atoms with Gasteiger partial charge in [-0.3, -0.25) is 0 Å². The lowest BCUT2D eigenvalue weighted by Crippen LogP contribution is -2.15. The molecule has 0 saturated heterocycles. The zero-order chi connectivity index (χ0) is 12.1. The molecule has 0 radical (unpaired) electrons. The summed E-state index contributed by atoms with van der Waals surface area (Å²) in [4.78, 5) is 1.23. The van der Waals surface area contributed by atoms with Gasteiger partial charge < -0.3 is 10.5 Å². The summed E-state index contributed by atoms with van der Waals surface area (Å²) in [6.07, 6.45) is -0.0160. The third kappa shape index (κ3) is 3.40. The molecular formula is C14H17NOS. The third-order valence-corrected chi connectivity index (χ3v) is 3.52. The fourth-order valence-electron chi connectivity index (χ4n) is 1.66. The highest BCUT2D eigenvalue weighted by Crippen LogP contribution is 2.20. The highest BCUT2D eigenvalue weighted by Gasteiger charge is 2.10. The molecule has 1 aromatic carbocycles. The molecule has 90 valence electrons. The number of benzene rings is 1. The number of rotatable bonds is 5. The fraction of sp³-hybridized carbons (Fsp3) is 0.286. The first kappa shape index (κ1) is 12.3. The molecule has 1 heterocycles. The van der Waals surface area contributed by atoms with Crippen LogP contribution in [0.25, 0.3) is 0 Å². The predicted molar refractivity (Wildman–Crippen MR) is 72.1 cm³/mol. The second-order valence-corrected chi connectivity index (χ2v) is 5.06. The normalized spacial score (nSPS) is 12.6. The van der Waals surface area contributed by atoms with Crippen LogP contribution in [0.1, 0.15) is 22.1 Å². The van der Waals surface area contributed by atoms with Gasteiger partial charge in [0.2, 0.25) is 0 Å². The Morgan fingerprint density at radius 2 is 2.00 bits per heavy atom. The van der Waals surface area contributed by atoms with Gasteiger partial charge in [0.05, 0.1) is 12.7 Å². The molecule has 0 saturated carbocycles. The van der Waals surface area contributed by atoms with E-state index in [9.17, 15) is 0 Å². The Morgan fingerprint density at radius 1 is 1.24 bits per heavy atom.